The predicted molar refractivity (Wildman–Crippen MR) is 115 cm³/mol. The van der Waals surface area contributed by atoms with E-state index in [2.05, 4.69) is 46.7 Å². The topological polar surface area (TPSA) is 78.4 Å². The van der Waals surface area contributed by atoms with E-state index >= 15 is 0 Å². The van der Waals surface area contributed by atoms with Crippen LogP contribution < -0.4 is 10.6 Å². The predicted octanol–water partition coefficient (Wildman–Crippen LogP) is 3.24. The van der Waals surface area contributed by atoms with Gasteiger partial charge in [0.1, 0.15) is 6.04 Å². The molecule has 0 aliphatic carbocycles. The molecule has 152 valence electrons. The van der Waals surface area contributed by atoms with Gasteiger partial charge in [0.05, 0.1) is 6.54 Å². The number of carbonyl (C=O) groups excluding carboxylic acids is 1. The molecule has 2 rings (SSSR count). The molecule has 2 aromatic rings. The van der Waals surface area contributed by atoms with Crippen LogP contribution in [0, 0.1) is 11.8 Å². The highest BCUT2D eigenvalue weighted by atomic mass is 16.4. The molecule has 0 radical (unpaired) electrons. The number of carboxylic acids is 1. The molecule has 0 saturated heterocycles. The first-order chi connectivity index (χ1) is 14.1. The van der Waals surface area contributed by atoms with E-state index in [0.717, 1.165) is 24.9 Å². The zero-order valence-electron chi connectivity index (χ0n) is 16.8. The van der Waals surface area contributed by atoms with Crippen LogP contribution in [0.25, 0.3) is 0 Å². The van der Waals surface area contributed by atoms with E-state index in [4.69, 9.17) is 5.11 Å². The Morgan fingerprint density at radius 1 is 1.00 bits per heavy atom. The summed E-state index contributed by atoms with van der Waals surface area (Å²) in [6.45, 7) is 3.00. The van der Waals surface area contributed by atoms with Crippen LogP contribution in [0.2, 0.25) is 0 Å². The Balaban J connectivity index is 1.61. The number of benzene rings is 2. The van der Waals surface area contributed by atoms with E-state index in [-0.39, 0.29) is 0 Å². The van der Waals surface area contributed by atoms with Gasteiger partial charge < -0.3 is 15.7 Å². The van der Waals surface area contributed by atoms with Crippen LogP contribution in [0.5, 0.6) is 0 Å². The third kappa shape index (κ3) is 8.63. The van der Waals surface area contributed by atoms with Crippen molar-refractivity contribution in [2.24, 2.45) is 0 Å². The van der Waals surface area contributed by atoms with Crippen molar-refractivity contribution in [2.45, 2.75) is 38.6 Å². The third-order valence-corrected chi connectivity index (χ3v) is 4.47. The van der Waals surface area contributed by atoms with Crippen LogP contribution in [0.3, 0.4) is 0 Å². The SMILES string of the molecule is CC(NC(=O)c1ccc(C#CCNCCCCCc2ccccc2)cc1)C(=O)O. The average molecular weight is 392 g/mol. The number of aliphatic carboxylic acids is 1. The van der Waals surface area contributed by atoms with E-state index in [1.54, 1.807) is 24.3 Å². The maximum absolute atomic E-state index is 11.9. The molecule has 1 unspecified atom stereocenters. The summed E-state index contributed by atoms with van der Waals surface area (Å²) in [7, 11) is 0. The lowest BCUT2D eigenvalue weighted by Crippen LogP contribution is -2.38. The van der Waals surface area contributed by atoms with Crippen molar-refractivity contribution >= 4 is 11.9 Å². The second-order valence-corrected chi connectivity index (χ2v) is 6.89. The molecule has 0 fully saturated rings. The van der Waals surface area contributed by atoms with Crippen LogP contribution in [0.1, 0.15) is 47.7 Å². The molecule has 0 saturated carbocycles. The number of rotatable bonds is 10. The monoisotopic (exact) mass is 392 g/mol. The maximum atomic E-state index is 11.9. The van der Waals surface area contributed by atoms with Crippen molar-refractivity contribution in [2.75, 3.05) is 13.1 Å². The van der Waals surface area contributed by atoms with E-state index in [1.165, 1.54) is 25.3 Å². The molecule has 1 atom stereocenters. The normalized spacial score (nSPS) is 11.2. The van der Waals surface area contributed by atoms with Gasteiger partial charge in [-0.05, 0) is 62.6 Å². The summed E-state index contributed by atoms with van der Waals surface area (Å²) in [5, 5.41) is 14.6. The zero-order chi connectivity index (χ0) is 20.9. The standard InChI is InChI=1S/C24H28N2O3/c1-19(24(28)29)26-23(27)22-15-13-21(14-16-22)12-8-18-25-17-7-3-6-11-20-9-4-2-5-10-20/h2,4-5,9-10,13-16,19,25H,3,6-7,11,17-18H2,1H3,(H,26,27)(H,28,29). The molecule has 0 aliphatic heterocycles. The second kappa shape index (κ2) is 12.4. The van der Waals surface area contributed by atoms with Gasteiger partial charge in [-0.15, -0.1) is 0 Å². The van der Waals surface area contributed by atoms with Gasteiger partial charge in [-0.2, -0.15) is 0 Å². The first kappa shape index (κ1) is 22.2. The molecule has 3 N–H and O–H groups in total. The minimum absolute atomic E-state index is 0.409. The summed E-state index contributed by atoms with van der Waals surface area (Å²) in [6.07, 6.45) is 4.65. The van der Waals surface area contributed by atoms with Crippen LogP contribution >= 0.6 is 0 Å². The van der Waals surface area contributed by atoms with Crippen molar-refractivity contribution in [3.05, 3.63) is 71.3 Å². The molecule has 1 amide bonds. The van der Waals surface area contributed by atoms with Crippen molar-refractivity contribution in [1.29, 1.82) is 0 Å². The van der Waals surface area contributed by atoms with Gasteiger partial charge in [0, 0.05) is 11.1 Å². The molecule has 29 heavy (non-hydrogen) atoms. The molecule has 0 aromatic heterocycles. The lowest BCUT2D eigenvalue weighted by Gasteiger charge is -2.08. The highest BCUT2D eigenvalue weighted by molar-refractivity contribution is 5.96. The minimum atomic E-state index is -1.07. The number of carboxylic acid groups (broad SMARTS) is 1. The van der Waals surface area contributed by atoms with Gasteiger partial charge in [-0.25, -0.2) is 0 Å². The van der Waals surface area contributed by atoms with Crippen molar-refractivity contribution in [1.82, 2.24) is 10.6 Å². The Morgan fingerprint density at radius 2 is 1.72 bits per heavy atom. The number of hydrogen-bond acceptors (Lipinski definition) is 3. The summed E-state index contributed by atoms with van der Waals surface area (Å²) < 4.78 is 0. The first-order valence-corrected chi connectivity index (χ1v) is 9.93. The van der Waals surface area contributed by atoms with Crippen molar-refractivity contribution in [3.63, 3.8) is 0 Å². The molecule has 5 heteroatoms. The molecular formula is C24H28N2O3. The second-order valence-electron chi connectivity index (χ2n) is 6.89. The van der Waals surface area contributed by atoms with Gasteiger partial charge in [0.2, 0.25) is 0 Å². The maximum Gasteiger partial charge on any atom is 0.325 e. The summed E-state index contributed by atoms with van der Waals surface area (Å²) >= 11 is 0. The molecular weight excluding hydrogens is 364 g/mol. The quantitative estimate of drug-likeness (QED) is 0.428. The van der Waals surface area contributed by atoms with Crippen LogP contribution in [-0.4, -0.2) is 36.1 Å². The molecule has 0 spiro atoms. The fourth-order valence-electron chi connectivity index (χ4n) is 2.74. The smallest absolute Gasteiger partial charge is 0.325 e. The third-order valence-electron chi connectivity index (χ3n) is 4.47. The van der Waals surface area contributed by atoms with Gasteiger partial charge in [-0.3, -0.25) is 9.59 Å². The summed E-state index contributed by atoms with van der Waals surface area (Å²) in [5.41, 5.74) is 2.63. The molecule has 5 nitrogen and oxygen atoms in total. The Morgan fingerprint density at radius 3 is 2.41 bits per heavy atom. The average Bonchev–Trinajstić information content (AvgIpc) is 2.73. The van der Waals surface area contributed by atoms with Gasteiger partial charge in [0.15, 0.2) is 0 Å². The summed E-state index contributed by atoms with van der Waals surface area (Å²) in [5.74, 6) is 4.66. The molecule has 0 heterocycles. The van der Waals surface area contributed by atoms with E-state index in [1.807, 2.05) is 6.07 Å². The summed E-state index contributed by atoms with van der Waals surface area (Å²) in [6, 6.07) is 16.4. The van der Waals surface area contributed by atoms with E-state index < -0.39 is 17.9 Å². The van der Waals surface area contributed by atoms with Crippen molar-refractivity contribution in [3.8, 4) is 11.8 Å². The molecule has 0 bridgehead atoms. The van der Waals surface area contributed by atoms with E-state index in [0.29, 0.717) is 12.1 Å². The van der Waals surface area contributed by atoms with Crippen LogP contribution in [0.15, 0.2) is 54.6 Å². The lowest BCUT2D eigenvalue weighted by atomic mass is 10.1. The fourth-order valence-corrected chi connectivity index (χ4v) is 2.74. The first-order valence-electron chi connectivity index (χ1n) is 9.93. The minimum Gasteiger partial charge on any atom is -0.480 e. The number of aryl methyl sites for hydroxylation is 1. The zero-order valence-corrected chi connectivity index (χ0v) is 16.8. The Bertz CT molecular complexity index is 836. The number of unbranched alkanes of at least 4 members (excludes halogenated alkanes) is 2. The van der Waals surface area contributed by atoms with Crippen LogP contribution in [-0.2, 0) is 11.2 Å². The highest BCUT2D eigenvalue weighted by Crippen LogP contribution is 2.06. The Labute approximate surface area is 172 Å². The molecule has 0 aliphatic rings. The fraction of sp³-hybridized carbons (Fsp3) is 0.333. The number of nitrogens with one attached hydrogen (secondary N) is 2. The van der Waals surface area contributed by atoms with Gasteiger partial charge in [-0.1, -0.05) is 48.6 Å². The Kier molecular flexibility index (Phi) is 9.47. The van der Waals surface area contributed by atoms with Gasteiger partial charge in [0.25, 0.3) is 5.91 Å². The summed E-state index contributed by atoms with van der Waals surface area (Å²) in [4.78, 5) is 22.7. The van der Waals surface area contributed by atoms with E-state index in [9.17, 15) is 9.59 Å². The van der Waals surface area contributed by atoms with Crippen LogP contribution in [0.4, 0.5) is 0 Å². The largest absolute Gasteiger partial charge is 0.480 e. The number of hydrogen-bond donors (Lipinski definition) is 3. The number of carbonyl (C=O) groups is 2. The van der Waals surface area contributed by atoms with Crippen molar-refractivity contribution < 1.29 is 14.7 Å². The Hall–Kier alpha value is -3.10. The highest BCUT2D eigenvalue weighted by Gasteiger charge is 2.14. The molecule has 2 aromatic carbocycles. The van der Waals surface area contributed by atoms with Gasteiger partial charge >= 0.3 is 5.97 Å². The number of amides is 1. The lowest BCUT2D eigenvalue weighted by molar-refractivity contribution is -0.138.